The normalized spacial score (nSPS) is 10.9. The number of carbonyl (C=O) groups is 2. The van der Waals surface area contributed by atoms with E-state index in [2.05, 4.69) is 20.7 Å². The molecule has 1 aromatic rings. The zero-order valence-electron chi connectivity index (χ0n) is 10.0. The van der Waals surface area contributed by atoms with Crippen molar-refractivity contribution in [3.05, 3.63) is 27.7 Å². The van der Waals surface area contributed by atoms with Gasteiger partial charge in [-0.05, 0) is 27.6 Å². The van der Waals surface area contributed by atoms with E-state index in [4.69, 9.17) is 6.48 Å². The molecule has 1 N–H and O–H groups in total. The molecule has 18 heavy (non-hydrogen) atoms. The van der Waals surface area contributed by atoms with E-state index in [0.29, 0.717) is 0 Å². The maximum atomic E-state index is 13.5. The Hall–Kier alpha value is -1.50. The maximum absolute atomic E-state index is 13.5. The summed E-state index contributed by atoms with van der Waals surface area (Å²) in [6.45, 7) is 0. The molecule has 1 rings (SSSR count). The van der Waals surface area contributed by atoms with Crippen molar-refractivity contribution in [2.45, 2.75) is 12.8 Å². The first-order chi connectivity index (χ1) is 8.86. The van der Waals surface area contributed by atoms with Crippen LogP contribution in [0.15, 0.2) is 10.5 Å². The van der Waals surface area contributed by atoms with Gasteiger partial charge in [-0.1, -0.05) is 0 Å². The summed E-state index contributed by atoms with van der Waals surface area (Å²) in [5, 5.41) is 8.45. The second-order valence-corrected chi connectivity index (χ2v) is 4.20. The molecule has 98 valence electrons. The smallest absolute Gasteiger partial charge is 0.310 e. The molecule has 4 nitrogen and oxygen atoms in total. The van der Waals surface area contributed by atoms with Crippen molar-refractivity contribution in [2.24, 2.45) is 0 Å². The number of benzene rings is 1. The molecule has 0 saturated heterocycles. The first-order valence-corrected chi connectivity index (χ1v) is 5.48. The quantitative estimate of drug-likeness (QED) is 0.667. The predicted molar refractivity (Wildman–Crippen MR) is 61.6 cm³/mol. The van der Waals surface area contributed by atoms with Gasteiger partial charge in [0.2, 0.25) is 5.82 Å². The molecular formula is C11H9BrF2O4. The van der Waals surface area contributed by atoms with Gasteiger partial charge in [0.25, 0.3) is 0 Å². The summed E-state index contributed by atoms with van der Waals surface area (Å²) in [4.78, 5) is 21.7. The molecular weight excluding hydrogens is 314 g/mol. The number of halogens is 3. The molecule has 0 bridgehead atoms. The molecule has 0 aromatic heterocycles. The Balaban J connectivity index is 3.06. The van der Waals surface area contributed by atoms with Crippen LogP contribution in [0.3, 0.4) is 0 Å². The first-order valence-electron chi connectivity index (χ1n) is 5.39. The van der Waals surface area contributed by atoms with Gasteiger partial charge in [-0.15, -0.1) is 0 Å². The number of ketones is 1. The SMILES string of the molecule is [2H]COc1cc(CC(=O)CC(=O)O)c(Br)c(F)c1F. The van der Waals surface area contributed by atoms with E-state index in [-0.39, 0.29) is 16.5 Å². The third-order valence-electron chi connectivity index (χ3n) is 2.08. The van der Waals surface area contributed by atoms with E-state index in [1.165, 1.54) is 0 Å². The van der Waals surface area contributed by atoms with Crippen molar-refractivity contribution in [1.29, 1.82) is 0 Å². The van der Waals surface area contributed by atoms with Gasteiger partial charge >= 0.3 is 5.97 Å². The Kier molecular flexibility index (Phi) is 4.24. The lowest BCUT2D eigenvalue weighted by Crippen LogP contribution is -2.10. The number of hydrogen-bond donors (Lipinski definition) is 1. The number of aliphatic carboxylic acids is 1. The Morgan fingerprint density at radius 1 is 1.50 bits per heavy atom. The molecule has 0 fully saturated rings. The largest absolute Gasteiger partial charge is 0.494 e. The van der Waals surface area contributed by atoms with Gasteiger partial charge in [0.15, 0.2) is 11.6 Å². The zero-order chi connectivity index (χ0) is 14.6. The average molecular weight is 324 g/mol. The minimum Gasteiger partial charge on any atom is -0.494 e. The summed E-state index contributed by atoms with van der Waals surface area (Å²) in [6, 6.07) is 1.07. The fraction of sp³-hybridized carbons (Fsp3) is 0.273. The highest BCUT2D eigenvalue weighted by Gasteiger charge is 2.19. The standard InChI is InChI=1S/C11H9BrF2O4/c1-18-7-3-5(2-6(15)4-8(16)17)9(12)11(14)10(7)13/h3H,2,4H2,1H3,(H,16,17)/i1D. The highest BCUT2D eigenvalue weighted by atomic mass is 79.9. The molecule has 0 amide bonds. The van der Waals surface area contributed by atoms with Gasteiger partial charge in [0, 0.05) is 6.42 Å². The molecule has 0 heterocycles. The van der Waals surface area contributed by atoms with Gasteiger partial charge in [-0.3, -0.25) is 9.59 Å². The number of carboxylic acids is 1. The molecule has 0 unspecified atom stereocenters. The van der Waals surface area contributed by atoms with E-state index >= 15 is 0 Å². The summed E-state index contributed by atoms with van der Waals surface area (Å²) in [6.07, 6.45) is -1.08. The topological polar surface area (TPSA) is 63.6 Å². The van der Waals surface area contributed by atoms with Crippen LogP contribution in [0.1, 0.15) is 13.4 Å². The Labute approximate surface area is 111 Å². The molecule has 0 spiro atoms. The third-order valence-corrected chi connectivity index (χ3v) is 2.94. The number of carbonyl (C=O) groups excluding carboxylic acids is 1. The van der Waals surface area contributed by atoms with Crippen LogP contribution in [0.5, 0.6) is 5.75 Å². The second kappa shape index (κ2) is 5.90. The second-order valence-electron chi connectivity index (χ2n) is 3.41. The van der Waals surface area contributed by atoms with E-state index in [9.17, 15) is 18.4 Å². The van der Waals surface area contributed by atoms with Gasteiger partial charge < -0.3 is 9.84 Å². The zero-order valence-corrected chi connectivity index (χ0v) is 10.6. The van der Waals surface area contributed by atoms with Gasteiger partial charge in [-0.25, -0.2) is 4.39 Å². The Bertz CT molecular complexity index is 522. The Morgan fingerprint density at radius 2 is 2.17 bits per heavy atom. The molecule has 0 aliphatic carbocycles. The lowest BCUT2D eigenvalue weighted by molar-refractivity contribution is -0.140. The molecule has 0 saturated carbocycles. The number of hydrogen-bond acceptors (Lipinski definition) is 3. The predicted octanol–water partition coefficient (Wildman–Crippen LogP) is 2.32. The molecule has 0 atom stereocenters. The summed E-state index contributed by atoms with van der Waals surface area (Å²) < 4.78 is 38.0. The van der Waals surface area contributed by atoms with E-state index in [0.717, 1.165) is 6.07 Å². The summed E-state index contributed by atoms with van der Waals surface area (Å²) in [5.41, 5.74) is 0.0635. The van der Waals surface area contributed by atoms with Crippen LogP contribution in [0.4, 0.5) is 8.78 Å². The number of rotatable bonds is 5. The van der Waals surface area contributed by atoms with Crippen LogP contribution in [-0.2, 0) is 16.0 Å². The van der Waals surface area contributed by atoms with Crippen LogP contribution >= 0.6 is 15.9 Å². The van der Waals surface area contributed by atoms with E-state index < -0.39 is 42.6 Å². The fourth-order valence-electron chi connectivity index (χ4n) is 1.31. The fourth-order valence-corrected chi connectivity index (χ4v) is 1.74. The summed E-state index contributed by atoms with van der Waals surface area (Å²) >= 11 is 2.79. The van der Waals surface area contributed by atoms with Gasteiger partial charge in [-0.2, -0.15) is 4.39 Å². The van der Waals surface area contributed by atoms with Crippen molar-refractivity contribution in [2.75, 3.05) is 7.09 Å². The highest BCUT2D eigenvalue weighted by Crippen LogP contribution is 2.30. The first kappa shape index (κ1) is 12.9. The number of methoxy groups -OCH3 is 1. The van der Waals surface area contributed by atoms with Crippen LogP contribution in [0.25, 0.3) is 0 Å². The average Bonchev–Trinajstić information content (AvgIpc) is 2.31. The minimum absolute atomic E-state index is 0.0635. The molecule has 0 aliphatic rings. The minimum atomic E-state index is -1.30. The molecule has 0 aliphatic heterocycles. The summed E-state index contributed by atoms with van der Waals surface area (Å²) in [5.74, 6) is -4.96. The van der Waals surface area contributed by atoms with Crippen LogP contribution in [0.2, 0.25) is 0 Å². The maximum Gasteiger partial charge on any atom is 0.310 e. The van der Waals surface area contributed by atoms with Crippen molar-refractivity contribution < 1.29 is 29.6 Å². The van der Waals surface area contributed by atoms with Crippen LogP contribution in [-0.4, -0.2) is 23.9 Å². The highest BCUT2D eigenvalue weighted by molar-refractivity contribution is 9.10. The monoisotopic (exact) mass is 323 g/mol. The van der Waals surface area contributed by atoms with Crippen molar-refractivity contribution in [1.82, 2.24) is 0 Å². The number of Topliss-reactive ketones (excluding diaryl/α,β-unsaturated/α-hetero) is 1. The van der Waals surface area contributed by atoms with Crippen molar-refractivity contribution in [3.63, 3.8) is 0 Å². The van der Waals surface area contributed by atoms with Crippen LogP contribution < -0.4 is 4.74 Å². The van der Waals surface area contributed by atoms with E-state index in [1.807, 2.05) is 0 Å². The van der Waals surface area contributed by atoms with Crippen molar-refractivity contribution >= 4 is 27.7 Å². The van der Waals surface area contributed by atoms with Gasteiger partial charge in [0.05, 0.1) is 12.9 Å². The third kappa shape index (κ3) is 3.25. The molecule has 0 radical (unpaired) electrons. The van der Waals surface area contributed by atoms with Crippen LogP contribution in [0, 0.1) is 11.6 Å². The number of carboxylic acid groups (broad SMARTS) is 1. The molecule has 7 heteroatoms. The lowest BCUT2D eigenvalue weighted by Gasteiger charge is -2.09. The van der Waals surface area contributed by atoms with Gasteiger partial charge in [0.1, 0.15) is 12.2 Å². The number of ether oxygens (including phenoxy) is 1. The van der Waals surface area contributed by atoms with Crippen molar-refractivity contribution in [3.8, 4) is 5.75 Å². The Morgan fingerprint density at radius 3 is 2.72 bits per heavy atom. The summed E-state index contributed by atoms with van der Waals surface area (Å²) in [7, 11) is -0.611. The lowest BCUT2D eigenvalue weighted by atomic mass is 10.1. The van der Waals surface area contributed by atoms with E-state index in [1.54, 1.807) is 0 Å². The molecule has 1 aromatic carbocycles.